The van der Waals surface area contributed by atoms with E-state index in [4.69, 9.17) is 21.1 Å². The summed E-state index contributed by atoms with van der Waals surface area (Å²) >= 11 is 5.87. The standard InChI is InChI=1S/C15H14ClN3O4/c1-22-14-7-10(6-13(19(20)21)15(14)23-2)9-17-18-12-5-3-4-11(16)8-12/h3-9,18H,1-2H3. The van der Waals surface area contributed by atoms with Crippen molar-refractivity contribution in [2.24, 2.45) is 5.10 Å². The van der Waals surface area contributed by atoms with E-state index in [1.165, 1.54) is 26.5 Å². The summed E-state index contributed by atoms with van der Waals surface area (Å²) in [7, 11) is 2.76. The second-order valence-corrected chi connectivity index (χ2v) is 4.85. The van der Waals surface area contributed by atoms with Gasteiger partial charge in [0.25, 0.3) is 0 Å². The quantitative estimate of drug-likeness (QED) is 0.494. The number of nitro benzene ring substituents is 1. The first-order chi connectivity index (χ1) is 11.0. The maximum Gasteiger partial charge on any atom is 0.315 e. The van der Waals surface area contributed by atoms with Gasteiger partial charge in [0.2, 0.25) is 5.75 Å². The van der Waals surface area contributed by atoms with Crippen molar-refractivity contribution in [3.63, 3.8) is 0 Å². The third-order valence-electron chi connectivity index (χ3n) is 2.91. The van der Waals surface area contributed by atoms with E-state index in [1.54, 1.807) is 30.3 Å². The Morgan fingerprint density at radius 3 is 2.65 bits per heavy atom. The highest BCUT2D eigenvalue weighted by atomic mass is 35.5. The molecular formula is C15H14ClN3O4. The van der Waals surface area contributed by atoms with Gasteiger partial charge in [0, 0.05) is 16.7 Å². The molecule has 0 aromatic heterocycles. The monoisotopic (exact) mass is 335 g/mol. The van der Waals surface area contributed by atoms with Crippen LogP contribution in [0.15, 0.2) is 41.5 Å². The van der Waals surface area contributed by atoms with E-state index in [1.807, 2.05) is 0 Å². The average Bonchev–Trinajstić information content (AvgIpc) is 2.54. The highest BCUT2D eigenvalue weighted by Gasteiger charge is 2.20. The van der Waals surface area contributed by atoms with Crippen LogP contribution < -0.4 is 14.9 Å². The van der Waals surface area contributed by atoms with Gasteiger partial charge >= 0.3 is 5.69 Å². The SMILES string of the molecule is COc1cc(C=NNc2cccc(Cl)c2)cc([N+](=O)[O-])c1OC. The molecule has 0 atom stereocenters. The number of hydrogen-bond acceptors (Lipinski definition) is 6. The number of nitrogens with zero attached hydrogens (tertiary/aromatic N) is 2. The van der Waals surface area contributed by atoms with Crippen molar-refractivity contribution in [1.82, 2.24) is 0 Å². The minimum absolute atomic E-state index is 0.0671. The van der Waals surface area contributed by atoms with Gasteiger partial charge in [0.15, 0.2) is 5.75 Å². The lowest BCUT2D eigenvalue weighted by atomic mass is 10.2. The molecule has 0 bridgehead atoms. The Morgan fingerprint density at radius 2 is 2.04 bits per heavy atom. The molecule has 120 valence electrons. The zero-order valence-corrected chi connectivity index (χ0v) is 13.2. The smallest absolute Gasteiger partial charge is 0.315 e. The number of ether oxygens (including phenoxy) is 2. The van der Waals surface area contributed by atoms with Crippen molar-refractivity contribution in [3.8, 4) is 11.5 Å². The fourth-order valence-corrected chi connectivity index (χ4v) is 2.10. The molecule has 0 aliphatic rings. The Labute approximate surface area is 137 Å². The Morgan fingerprint density at radius 1 is 1.26 bits per heavy atom. The summed E-state index contributed by atoms with van der Waals surface area (Å²) in [5, 5.41) is 15.7. The van der Waals surface area contributed by atoms with Crippen molar-refractivity contribution in [3.05, 3.63) is 57.1 Å². The normalized spacial score (nSPS) is 10.6. The zero-order valence-electron chi connectivity index (χ0n) is 12.4. The van der Waals surface area contributed by atoms with E-state index in [-0.39, 0.29) is 17.2 Å². The number of hydrogen-bond donors (Lipinski definition) is 1. The molecule has 7 nitrogen and oxygen atoms in total. The van der Waals surface area contributed by atoms with Gasteiger partial charge in [0.05, 0.1) is 31.0 Å². The van der Waals surface area contributed by atoms with Crippen LogP contribution in [0, 0.1) is 10.1 Å². The third-order valence-corrected chi connectivity index (χ3v) is 3.15. The van der Waals surface area contributed by atoms with Crippen LogP contribution in [-0.2, 0) is 0 Å². The van der Waals surface area contributed by atoms with E-state index in [2.05, 4.69) is 10.5 Å². The number of hydrazone groups is 1. The first kappa shape index (κ1) is 16.6. The van der Waals surface area contributed by atoms with Gasteiger partial charge in [-0.15, -0.1) is 0 Å². The topological polar surface area (TPSA) is 86.0 Å². The largest absolute Gasteiger partial charge is 0.493 e. The predicted octanol–water partition coefficient (Wildman–Crippen LogP) is 3.71. The zero-order chi connectivity index (χ0) is 16.8. The summed E-state index contributed by atoms with van der Waals surface area (Å²) in [6, 6.07) is 9.96. The van der Waals surface area contributed by atoms with Crippen LogP contribution >= 0.6 is 11.6 Å². The van der Waals surface area contributed by atoms with Crippen LogP contribution in [0.5, 0.6) is 11.5 Å². The Kier molecular flexibility index (Phi) is 5.37. The van der Waals surface area contributed by atoms with Crippen molar-refractivity contribution < 1.29 is 14.4 Å². The fourth-order valence-electron chi connectivity index (χ4n) is 1.91. The molecule has 0 aliphatic heterocycles. The number of nitro groups is 1. The van der Waals surface area contributed by atoms with Gasteiger partial charge in [-0.3, -0.25) is 15.5 Å². The summed E-state index contributed by atoms with van der Waals surface area (Å²) in [6.07, 6.45) is 1.44. The lowest BCUT2D eigenvalue weighted by Gasteiger charge is -2.08. The van der Waals surface area contributed by atoms with Gasteiger partial charge in [-0.1, -0.05) is 17.7 Å². The summed E-state index contributed by atoms with van der Waals surface area (Å²) in [5.41, 5.74) is 3.78. The summed E-state index contributed by atoms with van der Waals surface area (Å²) in [6.45, 7) is 0. The number of rotatable bonds is 6. The summed E-state index contributed by atoms with van der Waals surface area (Å²) < 4.78 is 10.1. The van der Waals surface area contributed by atoms with Gasteiger partial charge in [-0.25, -0.2) is 0 Å². The van der Waals surface area contributed by atoms with Crippen LogP contribution in [0.1, 0.15) is 5.56 Å². The number of halogens is 1. The highest BCUT2D eigenvalue weighted by Crippen LogP contribution is 2.37. The van der Waals surface area contributed by atoms with Crippen LogP contribution in [0.3, 0.4) is 0 Å². The highest BCUT2D eigenvalue weighted by molar-refractivity contribution is 6.30. The van der Waals surface area contributed by atoms with Crippen LogP contribution in [0.2, 0.25) is 5.02 Å². The van der Waals surface area contributed by atoms with Crippen LogP contribution in [0.4, 0.5) is 11.4 Å². The molecular weight excluding hydrogens is 322 g/mol. The minimum Gasteiger partial charge on any atom is -0.493 e. The molecule has 0 saturated heterocycles. The van der Waals surface area contributed by atoms with Crippen LogP contribution in [-0.4, -0.2) is 25.4 Å². The molecule has 2 rings (SSSR count). The number of benzene rings is 2. The molecule has 0 radical (unpaired) electrons. The number of anilines is 1. The molecule has 2 aromatic rings. The van der Waals surface area contributed by atoms with E-state index < -0.39 is 4.92 Å². The molecule has 0 unspecified atom stereocenters. The second-order valence-electron chi connectivity index (χ2n) is 4.41. The average molecular weight is 336 g/mol. The van der Waals surface area contributed by atoms with Gasteiger partial charge in [-0.05, 0) is 24.3 Å². The Hall–Kier alpha value is -2.80. The van der Waals surface area contributed by atoms with Crippen LogP contribution in [0.25, 0.3) is 0 Å². The molecule has 8 heteroatoms. The number of nitrogens with one attached hydrogen (secondary N) is 1. The summed E-state index contributed by atoms with van der Waals surface area (Å²) in [5.74, 6) is 0.323. The van der Waals surface area contributed by atoms with Gasteiger partial charge in [-0.2, -0.15) is 5.10 Å². The Balaban J connectivity index is 2.27. The maximum atomic E-state index is 11.1. The molecule has 0 amide bonds. The molecule has 0 fully saturated rings. The maximum absolute atomic E-state index is 11.1. The third kappa shape index (κ3) is 4.10. The lowest BCUT2D eigenvalue weighted by Crippen LogP contribution is -1.99. The fraction of sp³-hybridized carbons (Fsp3) is 0.133. The van der Waals surface area contributed by atoms with Gasteiger partial charge < -0.3 is 9.47 Å². The van der Waals surface area contributed by atoms with E-state index in [0.717, 1.165) is 0 Å². The predicted molar refractivity (Wildman–Crippen MR) is 88.9 cm³/mol. The Bertz CT molecular complexity index is 749. The molecule has 0 aliphatic carbocycles. The molecule has 0 spiro atoms. The first-order valence-electron chi connectivity index (χ1n) is 6.50. The van der Waals surface area contributed by atoms with E-state index >= 15 is 0 Å². The molecule has 0 heterocycles. The summed E-state index contributed by atoms with van der Waals surface area (Å²) in [4.78, 5) is 10.6. The number of methoxy groups -OCH3 is 2. The molecule has 2 aromatic carbocycles. The minimum atomic E-state index is -0.539. The van der Waals surface area contributed by atoms with Gasteiger partial charge in [0.1, 0.15) is 0 Å². The van der Waals surface area contributed by atoms with Crippen molar-refractivity contribution in [1.29, 1.82) is 0 Å². The molecule has 1 N–H and O–H groups in total. The molecule has 0 saturated carbocycles. The van der Waals surface area contributed by atoms with E-state index in [9.17, 15) is 10.1 Å². The van der Waals surface area contributed by atoms with E-state index in [0.29, 0.717) is 16.3 Å². The van der Waals surface area contributed by atoms with Crippen molar-refractivity contribution in [2.75, 3.05) is 19.6 Å². The lowest BCUT2D eigenvalue weighted by molar-refractivity contribution is -0.385. The molecule has 23 heavy (non-hydrogen) atoms. The van der Waals surface area contributed by atoms with Crippen molar-refractivity contribution in [2.45, 2.75) is 0 Å². The first-order valence-corrected chi connectivity index (χ1v) is 6.88. The second kappa shape index (κ2) is 7.46. The van der Waals surface area contributed by atoms with Crippen molar-refractivity contribution >= 4 is 29.2 Å².